The summed E-state index contributed by atoms with van der Waals surface area (Å²) in [5.74, 6) is 6.02. The van der Waals surface area contributed by atoms with Crippen molar-refractivity contribution in [2.75, 3.05) is 24.8 Å². The Balaban J connectivity index is 1.92. The van der Waals surface area contributed by atoms with E-state index in [2.05, 4.69) is 16.8 Å². The first-order chi connectivity index (χ1) is 11.0. The predicted molar refractivity (Wildman–Crippen MR) is 92.4 cm³/mol. The number of carbonyl (C=O) groups is 1. The van der Waals surface area contributed by atoms with Crippen molar-refractivity contribution in [2.24, 2.45) is 5.84 Å². The molecule has 6 nitrogen and oxygen atoms in total. The van der Waals surface area contributed by atoms with Crippen LogP contribution in [0, 0.1) is 6.92 Å². The lowest BCUT2D eigenvalue weighted by Gasteiger charge is -2.10. The Bertz CT molecular complexity index is 701. The Hall–Kier alpha value is -2.73. The molecule has 0 aromatic heterocycles. The van der Waals surface area contributed by atoms with Gasteiger partial charge in [-0.2, -0.15) is 0 Å². The molecule has 2 aromatic rings. The van der Waals surface area contributed by atoms with Gasteiger partial charge in [0.25, 0.3) is 5.91 Å². The number of hydrogen-bond donors (Lipinski definition) is 4. The number of nitrogen functional groups attached to an aromatic ring is 2. The Morgan fingerprint density at radius 3 is 2.61 bits per heavy atom. The van der Waals surface area contributed by atoms with Crippen LogP contribution in [0.5, 0.6) is 5.75 Å². The van der Waals surface area contributed by atoms with E-state index in [1.807, 2.05) is 19.1 Å². The molecule has 23 heavy (non-hydrogen) atoms. The second kappa shape index (κ2) is 7.51. The minimum absolute atomic E-state index is 0.162. The van der Waals surface area contributed by atoms with Crippen LogP contribution in [-0.4, -0.2) is 19.6 Å². The number of ether oxygens (including phenoxy) is 1. The molecule has 2 aromatic carbocycles. The van der Waals surface area contributed by atoms with E-state index in [9.17, 15) is 4.79 Å². The summed E-state index contributed by atoms with van der Waals surface area (Å²) in [7, 11) is 1.65. The maximum Gasteiger partial charge on any atom is 0.251 e. The SMILES string of the molecule is COc1ccc(CCNC(=O)c2ccc(NN)c(N)c2)cc1C. The van der Waals surface area contributed by atoms with E-state index in [0.717, 1.165) is 23.3 Å². The van der Waals surface area contributed by atoms with Crippen molar-refractivity contribution < 1.29 is 9.53 Å². The second-order valence-electron chi connectivity index (χ2n) is 5.26. The minimum Gasteiger partial charge on any atom is -0.496 e. The lowest BCUT2D eigenvalue weighted by molar-refractivity contribution is 0.0954. The van der Waals surface area contributed by atoms with Crippen LogP contribution in [0.4, 0.5) is 11.4 Å². The van der Waals surface area contributed by atoms with E-state index in [0.29, 0.717) is 23.5 Å². The highest BCUT2D eigenvalue weighted by atomic mass is 16.5. The highest BCUT2D eigenvalue weighted by Crippen LogP contribution is 2.19. The third-order valence-corrected chi connectivity index (χ3v) is 3.63. The van der Waals surface area contributed by atoms with Gasteiger partial charge in [-0.15, -0.1) is 0 Å². The summed E-state index contributed by atoms with van der Waals surface area (Å²) in [5.41, 5.74) is 12.0. The zero-order valence-corrected chi connectivity index (χ0v) is 13.3. The van der Waals surface area contributed by atoms with Crippen LogP contribution in [0.2, 0.25) is 0 Å². The van der Waals surface area contributed by atoms with Gasteiger partial charge in [-0.3, -0.25) is 10.6 Å². The fourth-order valence-electron chi connectivity index (χ4n) is 2.35. The van der Waals surface area contributed by atoms with Gasteiger partial charge in [0.15, 0.2) is 0 Å². The average molecular weight is 314 g/mol. The van der Waals surface area contributed by atoms with Gasteiger partial charge in [0.05, 0.1) is 18.5 Å². The summed E-state index contributed by atoms with van der Waals surface area (Å²) in [6.07, 6.45) is 0.745. The molecule has 0 heterocycles. The molecule has 0 aliphatic rings. The van der Waals surface area contributed by atoms with Crippen LogP contribution in [0.25, 0.3) is 0 Å². The highest BCUT2D eigenvalue weighted by Gasteiger charge is 2.08. The van der Waals surface area contributed by atoms with Gasteiger partial charge < -0.3 is 21.2 Å². The molecule has 0 atom stereocenters. The number of amides is 1. The molecule has 0 spiro atoms. The van der Waals surface area contributed by atoms with Crippen LogP contribution in [0.15, 0.2) is 36.4 Å². The number of carbonyl (C=O) groups excluding carboxylic acids is 1. The molecule has 0 radical (unpaired) electrons. The van der Waals surface area contributed by atoms with Crippen molar-refractivity contribution in [3.05, 3.63) is 53.1 Å². The Labute approximate surface area is 135 Å². The molecule has 6 N–H and O–H groups in total. The van der Waals surface area contributed by atoms with Crippen LogP contribution in [0.1, 0.15) is 21.5 Å². The van der Waals surface area contributed by atoms with Crippen LogP contribution >= 0.6 is 0 Å². The van der Waals surface area contributed by atoms with Gasteiger partial charge in [0, 0.05) is 12.1 Å². The number of benzene rings is 2. The molecule has 122 valence electrons. The summed E-state index contributed by atoms with van der Waals surface area (Å²) in [4.78, 5) is 12.1. The number of aryl methyl sites for hydroxylation is 1. The number of methoxy groups -OCH3 is 1. The highest BCUT2D eigenvalue weighted by molar-refractivity contribution is 5.96. The van der Waals surface area contributed by atoms with Crippen molar-refractivity contribution in [3.8, 4) is 5.75 Å². The number of hydrogen-bond acceptors (Lipinski definition) is 5. The lowest BCUT2D eigenvalue weighted by Crippen LogP contribution is -2.26. The number of nitrogens with two attached hydrogens (primary N) is 2. The van der Waals surface area contributed by atoms with Crippen LogP contribution in [-0.2, 0) is 6.42 Å². The third-order valence-electron chi connectivity index (χ3n) is 3.63. The first-order valence-corrected chi connectivity index (χ1v) is 7.33. The van der Waals surface area contributed by atoms with Crippen LogP contribution in [0.3, 0.4) is 0 Å². The van der Waals surface area contributed by atoms with Gasteiger partial charge in [0.2, 0.25) is 0 Å². The maximum absolute atomic E-state index is 12.1. The van der Waals surface area contributed by atoms with E-state index in [-0.39, 0.29) is 5.91 Å². The van der Waals surface area contributed by atoms with E-state index in [1.165, 1.54) is 0 Å². The molecular weight excluding hydrogens is 292 g/mol. The van der Waals surface area contributed by atoms with Crippen molar-refractivity contribution in [1.29, 1.82) is 0 Å². The molecule has 0 unspecified atom stereocenters. The normalized spacial score (nSPS) is 10.2. The molecule has 0 fully saturated rings. The lowest BCUT2D eigenvalue weighted by atomic mass is 10.1. The number of hydrazine groups is 1. The summed E-state index contributed by atoms with van der Waals surface area (Å²) in [6.45, 7) is 2.54. The monoisotopic (exact) mass is 314 g/mol. The summed E-state index contributed by atoms with van der Waals surface area (Å²) in [5, 5.41) is 2.88. The first kappa shape index (κ1) is 16.6. The largest absolute Gasteiger partial charge is 0.496 e. The summed E-state index contributed by atoms with van der Waals surface area (Å²) in [6, 6.07) is 11.0. The average Bonchev–Trinajstić information content (AvgIpc) is 2.54. The quantitative estimate of drug-likeness (QED) is 0.370. The second-order valence-corrected chi connectivity index (χ2v) is 5.26. The van der Waals surface area contributed by atoms with Crippen molar-refractivity contribution in [2.45, 2.75) is 13.3 Å². The van der Waals surface area contributed by atoms with Crippen molar-refractivity contribution >= 4 is 17.3 Å². The Kier molecular flexibility index (Phi) is 5.43. The standard InChI is InChI=1S/C17H22N4O2/c1-11-9-12(3-6-16(11)23-2)7-8-20-17(22)13-4-5-15(21-19)14(18)10-13/h3-6,9-10,21H,7-8,18-19H2,1-2H3,(H,20,22). The zero-order chi connectivity index (χ0) is 16.8. The van der Waals surface area contributed by atoms with Gasteiger partial charge in [0.1, 0.15) is 5.75 Å². The molecule has 2 rings (SSSR count). The number of rotatable bonds is 6. The fraction of sp³-hybridized carbons (Fsp3) is 0.235. The van der Waals surface area contributed by atoms with E-state index >= 15 is 0 Å². The Morgan fingerprint density at radius 2 is 2.00 bits per heavy atom. The number of nitrogens with one attached hydrogen (secondary N) is 2. The molecule has 1 amide bonds. The van der Waals surface area contributed by atoms with E-state index in [4.69, 9.17) is 16.3 Å². The van der Waals surface area contributed by atoms with Gasteiger partial charge in [-0.05, 0) is 48.7 Å². The molecule has 0 aliphatic carbocycles. The van der Waals surface area contributed by atoms with E-state index < -0.39 is 0 Å². The number of anilines is 2. The van der Waals surface area contributed by atoms with Crippen molar-refractivity contribution in [1.82, 2.24) is 5.32 Å². The summed E-state index contributed by atoms with van der Waals surface area (Å²) < 4.78 is 5.23. The Morgan fingerprint density at radius 1 is 1.22 bits per heavy atom. The van der Waals surface area contributed by atoms with Gasteiger partial charge in [-0.1, -0.05) is 12.1 Å². The summed E-state index contributed by atoms with van der Waals surface area (Å²) >= 11 is 0. The molecule has 6 heteroatoms. The van der Waals surface area contributed by atoms with Gasteiger partial charge in [-0.25, -0.2) is 0 Å². The zero-order valence-electron chi connectivity index (χ0n) is 13.3. The first-order valence-electron chi connectivity index (χ1n) is 7.33. The third kappa shape index (κ3) is 4.14. The van der Waals surface area contributed by atoms with Gasteiger partial charge >= 0.3 is 0 Å². The smallest absolute Gasteiger partial charge is 0.251 e. The fourth-order valence-corrected chi connectivity index (χ4v) is 2.35. The van der Waals surface area contributed by atoms with E-state index in [1.54, 1.807) is 25.3 Å². The minimum atomic E-state index is -0.162. The molecule has 0 bridgehead atoms. The predicted octanol–water partition coefficient (Wildman–Crippen LogP) is 1.84. The van der Waals surface area contributed by atoms with Crippen molar-refractivity contribution in [3.63, 3.8) is 0 Å². The topological polar surface area (TPSA) is 102 Å². The molecule has 0 saturated heterocycles. The van der Waals surface area contributed by atoms with Crippen LogP contribution < -0.4 is 27.1 Å². The molecule has 0 aliphatic heterocycles. The maximum atomic E-state index is 12.1. The molecule has 0 saturated carbocycles. The molecular formula is C17H22N4O2.